The maximum atomic E-state index is 15.0. The van der Waals surface area contributed by atoms with E-state index in [1.54, 1.807) is 69.6 Å². The smallest absolute Gasteiger partial charge is 0.251 e. The number of aromatic nitrogens is 6. The van der Waals surface area contributed by atoms with Gasteiger partial charge in [0.1, 0.15) is 29.4 Å². The lowest BCUT2D eigenvalue weighted by molar-refractivity contribution is -0.143. The first kappa shape index (κ1) is 59.7. The summed E-state index contributed by atoms with van der Waals surface area (Å²) in [5.74, 6) is -2.16. The van der Waals surface area contributed by atoms with Crippen molar-refractivity contribution >= 4 is 63.9 Å². The molecule has 1 fully saturated rings. The maximum absolute atomic E-state index is 15.0. The maximum Gasteiger partial charge on any atom is 0.251 e. The van der Waals surface area contributed by atoms with Gasteiger partial charge in [-0.05, 0) is 97.8 Å². The van der Waals surface area contributed by atoms with Gasteiger partial charge in [0.15, 0.2) is 0 Å². The topological polar surface area (TPSA) is 232 Å². The third-order valence-electron chi connectivity index (χ3n) is 14.1. The number of thiazole rings is 1. The van der Waals surface area contributed by atoms with E-state index in [0.29, 0.717) is 110 Å². The number of likely N-dealkylation sites (tertiary alicyclic amines) is 1. The summed E-state index contributed by atoms with van der Waals surface area (Å²) in [5, 5.41) is 24.1. The quantitative estimate of drug-likeness (QED) is 0.0339. The lowest BCUT2D eigenvalue weighted by atomic mass is 9.85. The molecule has 23 heteroatoms. The molecule has 19 nitrogen and oxygen atoms in total. The number of amides is 4. The van der Waals surface area contributed by atoms with Gasteiger partial charge < -0.3 is 41.0 Å². The standard InChI is InChI=1S/C60H66ClF2N13O6S/c1-37-54(83-36-69-37)39-14-12-38(13-15-39)31-67-57(79)49-10-7-25-76(49)58(80)55(60(2,3)4)71-50(77)11-6-22-64-23-26-75-34-44(73-74-75)35-82-29-28-81-27-24-65-56(78)40-16-19-43(20-17-40)70-59-68-33-41-32-66-53(51-47(62)8-5-9-48(51)63)46-30-42(61)18-21-45(46)52(41)72-59/h5,8-9,12-21,30,33-34,36,49,55,64H,6-7,10-11,22-29,31-32,35H2,1-4H3,(H,65,78)(H,67,79)(H,71,77)(H,68,70,72)/t49-,55+/m0/s1. The minimum absolute atomic E-state index is 0.0858. The van der Waals surface area contributed by atoms with Crippen LogP contribution in [0.3, 0.4) is 0 Å². The van der Waals surface area contributed by atoms with E-state index in [-0.39, 0.29) is 73.6 Å². The summed E-state index contributed by atoms with van der Waals surface area (Å²) >= 11 is 7.95. The van der Waals surface area contributed by atoms with Crippen molar-refractivity contribution in [1.82, 2.24) is 56.1 Å². The first-order valence-corrected chi connectivity index (χ1v) is 28.8. The van der Waals surface area contributed by atoms with Crippen molar-refractivity contribution in [2.24, 2.45) is 10.4 Å². The van der Waals surface area contributed by atoms with E-state index in [1.807, 2.05) is 63.7 Å². The van der Waals surface area contributed by atoms with Crippen molar-refractivity contribution < 1.29 is 37.4 Å². The number of anilines is 2. The fourth-order valence-electron chi connectivity index (χ4n) is 9.71. The molecule has 1 saturated heterocycles. The van der Waals surface area contributed by atoms with Gasteiger partial charge in [-0.1, -0.05) is 74.0 Å². The number of carbonyl (C=O) groups excluding carboxylic acids is 4. The largest absolute Gasteiger partial charge is 0.377 e. The Morgan fingerprint density at radius 3 is 2.43 bits per heavy atom. The van der Waals surface area contributed by atoms with Crippen molar-refractivity contribution in [2.75, 3.05) is 51.3 Å². The molecule has 7 aromatic rings. The fraction of sp³-hybridized carbons (Fsp3) is 0.367. The second-order valence-electron chi connectivity index (χ2n) is 21.2. The summed E-state index contributed by atoms with van der Waals surface area (Å²) in [7, 11) is 0. The molecule has 434 valence electrons. The summed E-state index contributed by atoms with van der Waals surface area (Å²) in [6.07, 6.45) is 5.48. The molecule has 0 aliphatic carbocycles. The van der Waals surface area contributed by atoms with Crippen LogP contribution in [0, 0.1) is 24.0 Å². The summed E-state index contributed by atoms with van der Waals surface area (Å²) < 4.78 is 43.0. The lowest BCUT2D eigenvalue weighted by Crippen LogP contribution is -2.57. The molecule has 4 amide bonds. The predicted molar refractivity (Wildman–Crippen MR) is 313 cm³/mol. The zero-order valence-electron chi connectivity index (χ0n) is 46.6. The molecular formula is C60H66ClF2N13O6S. The number of fused-ring (bicyclic) bond motifs is 3. The van der Waals surface area contributed by atoms with Crippen LogP contribution in [0.5, 0.6) is 0 Å². The molecule has 0 spiro atoms. The van der Waals surface area contributed by atoms with Gasteiger partial charge in [-0.15, -0.1) is 16.4 Å². The van der Waals surface area contributed by atoms with Crippen LogP contribution >= 0.6 is 22.9 Å². The van der Waals surface area contributed by atoms with E-state index >= 15 is 0 Å². The minimum atomic E-state index is -0.791. The number of carbonyl (C=O) groups is 4. The molecule has 5 heterocycles. The van der Waals surface area contributed by atoms with Gasteiger partial charge in [-0.25, -0.2) is 23.7 Å². The van der Waals surface area contributed by atoms with Crippen molar-refractivity contribution in [3.63, 3.8) is 0 Å². The number of halogens is 3. The van der Waals surface area contributed by atoms with Crippen molar-refractivity contribution in [2.45, 2.75) is 91.7 Å². The van der Waals surface area contributed by atoms with Crippen molar-refractivity contribution in [3.8, 4) is 21.7 Å². The van der Waals surface area contributed by atoms with Gasteiger partial charge in [-0.3, -0.25) is 28.9 Å². The molecular weight excluding hydrogens is 1100 g/mol. The van der Waals surface area contributed by atoms with E-state index in [9.17, 15) is 28.0 Å². The predicted octanol–water partition coefficient (Wildman–Crippen LogP) is 8.36. The van der Waals surface area contributed by atoms with Crippen LogP contribution in [0.15, 0.2) is 108 Å². The number of aliphatic imine (C=N–C) groups is 1. The molecule has 0 radical (unpaired) electrons. The van der Waals surface area contributed by atoms with E-state index in [1.165, 1.54) is 18.2 Å². The van der Waals surface area contributed by atoms with E-state index < -0.39 is 29.1 Å². The highest BCUT2D eigenvalue weighted by molar-refractivity contribution is 7.13. The number of aryl methyl sites for hydroxylation is 1. The summed E-state index contributed by atoms with van der Waals surface area (Å²) in [6.45, 7) is 11.8. The number of ether oxygens (including phenoxy) is 2. The number of nitrogens with zero attached hydrogens (tertiary/aromatic N) is 8. The number of hydrogen-bond donors (Lipinski definition) is 5. The van der Waals surface area contributed by atoms with E-state index in [4.69, 9.17) is 26.1 Å². The van der Waals surface area contributed by atoms with Crippen molar-refractivity contribution in [1.29, 1.82) is 0 Å². The Balaban J connectivity index is 0.619. The second-order valence-corrected chi connectivity index (χ2v) is 22.5. The molecule has 2 atom stereocenters. The van der Waals surface area contributed by atoms with Crippen LogP contribution in [-0.2, 0) is 50.1 Å². The summed E-state index contributed by atoms with van der Waals surface area (Å²) in [4.78, 5) is 74.4. The normalized spacial score (nSPS) is 14.3. The van der Waals surface area contributed by atoms with Crippen molar-refractivity contribution in [3.05, 3.63) is 159 Å². The third kappa shape index (κ3) is 15.6. The Hall–Kier alpha value is -7.89. The Labute approximate surface area is 489 Å². The molecule has 2 aliphatic heterocycles. The molecule has 83 heavy (non-hydrogen) atoms. The Kier molecular flexibility index (Phi) is 20.1. The van der Waals surface area contributed by atoms with Gasteiger partial charge in [0.05, 0.1) is 78.8 Å². The molecule has 0 unspecified atom stereocenters. The molecule has 5 N–H and O–H groups in total. The monoisotopic (exact) mass is 1170 g/mol. The van der Waals surface area contributed by atoms with Crippen LogP contribution in [0.1, 0.15) is 90.5 Å². The number of nitrogens with one attached hydrogen (secondary N) is 5. The van der Waals surface area contributed by atoms with Crippen LogP contribution in [0.25, 0.3) is 21.7 Å². The Morgan fingerprint density at radius 1 is 0.892 bits per heavy atom. The highest BCUT2D eigenvalue weighted by Gasteiger charge is 2.42. The first-order chi connectivity index (χ1) is 40.1. The van der Waals surface area contributed by atoms with Crippen LogP contribution in [0.4, 0.5) is 20.4 Å². The third-order valence-corrected chi connectivity index (χ3v) is 15.3. The van der Waals surface area contributed by atoms with Crippen LogP contribution < -0.4 is 26.6 Å². The highest BCUT2D eigenvalue weighted by Crippen LogP contribution is 2.35. The average Bonchev–Trinajstić information content (AvgIpc) is 4.27. The Bertz CT molecular complexity index is 3430. The summed E-state index contributed by atoms with van der Waals surface area (Å²) in [6, 6.07) is 22.2. The molecule has 4 aromatic carbocycles. The Morgan fingerprint density at radius 2 is 1.67 bits per heavy atom. The lowest BCUT2D eigenvalue weighted by Gasteiger charge is -2.35. The molecule has 9 rings (SSSR count). The number of benzene rings is 4. The molecule has 3 aromatic heterocycles. The average molecular weight is 1170 g/mol. The fourth-order valence-corrected chi connectivity index (χ4v) is 10.7. The van der Waals surface area contributed by atoms with Gasteiger partial charge in [-0.2, -0.15) is 0 Å². The van der Waals surface area contributed by atoms with Gasteiger partial charge in [0.25, 0.3) is 5.91 Å². The molecule has 0 bridgehead atoms. The molecule has 2 aliphatic rings. The first-order valence-electron chi connectivity index (χ1n) is 27.5. The summed E-state index contributed by atoms with van der Waals surface area (Å²) in [5.41, 5.74) is 8.11. The zero-order valence-corrected chi connectivity index (χ0v) is 48.2. The second kappa shape index (κ2) is 27.9. The van der Waals surface area contributed by atoms with E-state index in [2.05, 4.69) is 51.9 Å². The minimum Gasteiger partial charge on any atom is -0.377 e. The SMILES string of the molecule is Cc1ncsc1-c1ccc(CNC(=O)[C@@H]2CCCN2C(=O)[C@@H](NC(=O)CCCNCCn2cc(COCCOCCNC(=O)c3ccc(Nc4ncc5c(n4)-c4ccc(Cl)cc4C(c4c(F)cccc4F)=NC5)cc3)nn2)C(C)(C)C)cc1. The number of rotatable bonds is 25. The van der Waals surface area contributed by atoms with Gasteiger partial charge in [0.2, 0.25) is 23.7 Å². The highest BCUT2D eigenvalue weighted by atomic mass is 35.5. The van der Waals surface area contributed by atoms with Gasteiger partial charge >= 0.3 is 0 Å². The zero-order chi connectivity index (χ0) is 58.5. The van der Waals surface area contributed by atoms with Crippen LogP contribution in [-0.4, -0.2) is 122 Å². The van der Waals surface area contributed by atoms with Crippen LogP contribution in [0.2, 0.25) is 5.02 Å². The molecule has 0 saturated carbocycles. The van der Waals surface area contributed by atoms with Gasteiger partial charge in [0, 0.05) is 71.8 Å². The number of hydrogen-bond acceptors (Lipinski definition) is 15. The van der Waals surface area contributed by atoms with E-state index in [0.717, 1.165) is 21.7 Å².